The Labute approximate surface area is 69.8 Å². The van der Waals surface area contributed by atoms with E-state index in [0.717, 1.165) is 12.5 Å². The van der Waals surface area contributed by atoms with E-state index in [2.05, 4.69) is 0 Å². The van der Waals surface area contributed by atoms with Gasteiger partial charge in [0, 0.05) is 12.5 Å². The van der Waals surface area contributed by atoms with Gasteiger partial charge in [-0.2, -0.15) is 0 Å². The van der Waals surface area contributed by atoms with Gasteiger partial charge in [-0.1, -0.05) is 6.08 Å². The molecule has 1 rings (SSSR count). The highest BCUT2D eigenvalue weighted by Crippen LogP contribution is 2.12. The SMILES string of the molecule is O=C(O)C(=O)/C=C/C1CCOC1. The predicted molar refractivity (Wildman–Crippen MR) is 40.7 cm³/mol. The summed E-state index contributed by atoms with van der Waals surface area (Å²) in [6, 6.07) is 0. The lowest BCUT2D eigenvalue weighted by molar-refractivity contribution is -0.146. The molecule has 0 amide bonds. The van der Waals surface area contributed by atoms with Crippen LogP contribution in [0.1, 0.15) is 6.42 Å². The summed E-state index contributed by atoms with van der Waals surface area (Å²) in [6.45, 7) is 1.28. The molecule has 4 heteroatoms. The number of carbonyl (C=O) groups is 2. The lowest BCUT2D eigenvalue weighted by Gasteiger charge is -1.95. The zero-order valence-electron chi connectivity index (χ0n) is 6.53. The third-order valence-electron chi connectivity index (χ3n) is 1.70. The Morgan fingerprint density at radius 1 is 1.50 bits per heavy atom. The highest BCUT2D eigenvalue weighted by molar-refractivity contribution is 6.37. The molecule has 0 bridgehead atoms. The Balaban J connectivity index is 2.38. The van der Waals surface area contributed by atoms with Gasteiger partial charge in [0.05, 0.1) is 6.61 Å². The van der Waals surface area contributed by atoms with Gasteiger partial charge in [-0.25, -0.2) is 4.79 Å². The average Bonchev–Trinajstić information content (AvgIpc) is 2.51. The smallest absolute Gasteiger partial charge is 0.376 e. The molecular weight excluding hydrogens is 160 g/mol. The highest BCUT2D eigenvalue weighted by atomic mass is 16.5. The monoisotopic (exact) mass is 170 g/mol. The first-order chi connectivity index (χ1) is 5.70. The number of hydrogen-bond acceptors (Lipinski definition) is 3. The Morgan fingerprint density at radius 2 is 2.25 bits per heavy atom. The van der Waals surface area contributed by atoms with Gasteiger partial charge >= 0.3 is 5.97 Å². The topological polar surface area (TPSA) is 63.6 Å². The lowest BCUT2D eigenvalue weighted by atomic mass is 10.1. The summed E-state index contributed by atoms with van der Waals surface area (Å²) in [5, 5.41) is 8.22. The quantitative estimate of drug-likeness (QED) is 0.486. The van der Waals surface area contributed by atoms with E-state index in [9.17, 15) is 9.59 Å². The molecule has 0 aliphatic carbocycles. The Morgan fingerprint density at radius 3 is 2.75 bits per heavy atom. The molecule has 0 radical (unpaired) electrons. The van der Waals surface area contributed by atoms with E-state index < -0.39 is 11.8 Å². The van der Waals surface area contributed by atoms with Gasteiger partial charge in [-0.15, -0.1) is 0 Å². The number of ketones is 1. The molecule has 0 spiro atoms. The average molecular weight is 170 g/mol. The minimum atomic E-state index is -1.41. The third kappa shape index (κ3) is 2.47. The second-order valence-electron chi connectivity index (χ2n) is 2.65. The van der Waals surface area contributed by atoms with E-state index in [1.54, 1.807) is 6.08 Å². The fraction of sp³-hybridized carbons (Fsp3) is 0.500. The Bertz CT molecular complexity index is 213. The van der Waals surface area contributed by atoms with Crippen molar-refractivity contribution in [2.24, 2.45) is 5.92 Å². The molecule has 0 saturated carbocycles. The molecule has 1 atom stereocenters. The Hall–Kier alpha value is -1.16. The minimum Gasteiger partial charge on any atom is -0.475 e. The largest absolute Gasteiger partial charge is 0.475 e. The van der Waals surface area contributed by atoms with Crippen LogP contribution in [0.5, 0.6) is 0 Å². The molecule has 0 aromatic heterocycles. The van der Waals surface area contributed by atoms with Crippen LogP contribution in [-0.4, -0.2) is 30.1 Å². The molecule has 0 aromatic carbocycles. The van der Waals surface area contributed by atoms with Crippen LogP contribution in [0.15, 0.2) is 12.2 Å². The van der Waals surface area contributed by atoms with Gasteiger partial charge in [-0.3, -0.25) is 4.79 Å². The van der Waals surface area contributed by atoms with E-state index in [4.69, 9.17) is 9.84 Å². The summed E-state index contributed by atoms with van der Waals surface area (Å²) in [5.41, 5.74) is 0. The normalized spacial score (nSPS) is 23.2. The van der Waals surface area contributed by atoms with Crippen LogP contribution in [-0.2, 0) is 14.3 Å². The van der Waals surface area contributed by atoms with Crippen LogP contribution in [0.2, 0.25) is 0 Å². The summed E-state index contributed by atoms with van der Waals surface area (Å²) in [5.74, 6) is -2.08. The molecule has 1 fully saturated rings. The molecule has 1 saturated heterocycles. The van der Waals surface area contributed by atoms with Crippen LogP contribution in [0.4, 0.5) is 0 Å². The van der Waals surface area contributed by atoms with E-state index in [0.29, 0.717) is 13.2 Å². The molecule has 1 N–H and O–H groups in total. The summed E-state index contributed by atoms with van der Waals surface area (Å²) in [4.78, 5) is 20.6. The zero-order chi connectivity index (χ0) is 8.97. The summed E-state index contributed by atoms with van der Waals surface area (Å²) >= 11 is 0. The molecule has 12 heavy (non-hydrogen) atoms. The van der Waals surface area contributed by atoms with Crippen molar-refractivity contribution in [1.29, 1.82) is 0 Å². The van der Waals surface area contributed by atoms with Crippen molar-refractivity contribution in [1.82, 2.24) is 0 Å². The van der Waals surface area contributed by atoms with Crippen LogP contribution in [0, 0.1) is 5.92 Å². The number of carbonyl (C=O) groups excluding carboxylic acids is 1. The second kappa shape index (κ2) is 4.01. The summed E-state index contributed by atoms with van der Waals surface area (Å²) in [6.07, 6.45) is 3.56. The number of rotatable bonds is 3. The van der Waals surface area contributed by atoms with E-state index in [-0.39, 0.29) is 5.92 Å². The van der Waals surface area contributed by atoms with E-state index in [1.807, 2.05) is 0 Å². The maximum atomic E-state index is 10.6. The van der Waals surface area contributed by atoms with Crippen molar-refractivity contribution in [3.05, 3.63) is 12.2 Å². The maximum Gasteiger partial charge on any atom is 0.376 e. The molecule has 0 aromatic rings. The number of carboxylic acids is 1. The molecule has 1 aliphatic rings. The van der Waals surface area contributed by atoms with E-state index in [1.165, 1.54) is 0 Å². The molecule has 1 aliphatic heterocycles. The fourth-order valence-corrected chi connectivity index (χ4v) is 0.999. The minimum absolute atomic E-state index is 0.202. The maximum absolute atomic E-state index is 10.6. The molecule has 1 unspecified atom stereocenters. The number of hydrogen-bond donors (Lipinski definition) is 1. The molecule has 1 heterocycles. The van der Waals surface area contributed by atoms with Gasteiger partial charge < -0.3 is 9.84 Å². The van der Waals surface area contributed by atoms with Crippen molar-refractivity contribution in [3.8, 4) is 0 Å². The molecule has 4 nitrogen and oxygen atoms in total. The van der Waals surface area contributed by atoms with Gasteiger partial charge in [0.15, 0.2) is 0 Å². The Kier molecular flexibility index (Phi) is 2.99. The highest BCUT2D eigenvalue weighted by Gasteiger charge is 2.13. The lowest BCUT2D eigenvalue weighted by Crippen LogP contribution is -2.09. The first-order valence-corrected chi connectivity index (χ1v) is 3.73. The predicted octanol–water partition coefficient (Wildman–Crippen LogP) is 0.233. The number of carboxylic acid groups (broad SMARTS) is 1. The van der Waals surface area contributed by atoms with Gasteiger partial charge in [0.1, 0.15) is 0 Å². The van der Waals surface area contributed by atoms with Crippen molar-refractivity contribution in [2.75, 3.05) is 13.2 Å². The van der Waals surface area contributed by atoms with Gasteiger partial charge in [-0.05, 0) is 12.5 Å². The fourth-order valence-electron chi connectivity index (χ4n) is 0.999. The second-order valence-corrected chi connectivity index (χ2v) is 2.65. The first kappa shape index (κ1) is 8.93. The van der Waals surface area contributed by atoms with Crippen LogP contribution >= 0.6 is 0 Å². The number of aliphatic carboxylic acids is 1. The third-order valence-corrected chi connectivity index (χ3v) is 1.70. The van der Waals surface area contributed by atoms with Crippen molar-refractivity contribution in [3.63, 3.8) is 0 Å². The van der Waals surface area contributed by atoms with Gasteiger partial charge in [0.2, 0.25) is 0 Å². The van der Waals surface area contributed by atoms with Crippen molar-refractivity contribution in [2.45, 2.75) is 6.42 Å². The zero-order valence-corrected chi connectivity index (χ0v) is 6.53. The van der Waals surface area contributed by atoms with Crippen LogP contribution in [0.25, 0.3) is 0 Å². The first-order valence-electron chi connectivity index (χ1n) is 3.73. The van der Waals surface area contributed by atoms with E-state index >= 15 is 0 Å². The number of ether oxygens (including phenoxy) is 1. The molecular formula is C8H10O4. The van der Waals surface area contributed by atoms with Gasteiger partial charge in [0.25, 0.3) is 5.78 Å². The van der Waals surface area contributed by atoms with Crippen LogP contribution < -0.4 is 0 Å². The molecule has 66 valence electrons. The summed E-state index contributed by atoms with van der Waals surface area (Å²) in [7, 11) is 0. The van der Waals surface area contributed by atoms with Crippen molar-refractivity contribution >= 4 is 11.8 Å². The van der Waals surface area contributed by atoms with Crippen LogP contribution in [0.3, 0.4) is 0 Å². The summed E-state index contributed by atoms with van der Waals surface area (Å²) < 4.78 is 5.04. The standard InChI is InChI=1S/C8H10O4/c9-7(8(10)11)2-1-6-3-4-12-5-6/h1-2,6H,3-5H2,(H,10,11)/b2-1+. The van der Waals surface area contributed by atoms with Crippen molar-refractivity contribution < 1.29 is 19.4 Å².